The number of hydrogen-bond donors (Lipinski definition) is 0. The zero-order valence-corrected chi connectivity index (χ0v) is 15.9. The molecule has 0 N–H and O–H groups in total. The van der Waals surface area contributed by atoms with Crippen LogP contribution in [0.15, 0.2) is 91.8 Å². The van der Waals surface area contributed by atoms with E-state index in [4.69, 9.17) is 4.42 Å². The third kappa shape index (κ3) is 3.52. The van der Waals surface area contributed by atoms with Crippen LogP contribution in [0, 0.1) is 0 Å². The molecule has 4 nitrogen and oxygen atoms in total. The molecule has 1 aliphatic rings. The van der Waals surface area contributed by atoms with E-state index >= 15 is 0 Å². The van der Waals surface area contributed by atoms with E-state index < -0.39 is 0 Å². The van der Waals surface area contributed by atoms with Crippen molar-refractivity contribution in [3.63, 3.8) is 0 Å². The van der Waals surface area contributed by atoms with Crippen molar-refractivity contribution in [1.82, 2.24) is 0 Å². The first-order valence-electron chi connectivity index (χ1n) is 7.89. The molecule has 128 valence electrons. The van der Waals surface area contributed by atoms with Crippen molar-refractivity contribution < 1.29 is 9.21 Å². The molecule has 4 rings (SSSR count). The second-order valence-electron chi connectivity index (χ2n) is 5.46. The van der Waals surface area contributed by atoms with Crippen molar-refractivity contribution in [2.24, 2.45) is 4.99 Å². The average Bonchev–Trinajstić information content (AvgIpc) is 3.20. The predicted octanol–water partition coefficient (Wildman–Crippen LogP) is 5.85. The highest BCUT2D eigenvalue weighted by Crippen LogP contribution is 2.37. The lowest BCUT2D eigenvalue weighted by atomic mass is 10.3. The fourth-order valence-corrected chi connectivity index (χ4v) is 3.80. The van der Waals surface area contributed by atoms with E-state index in [1.54, 1.807) is 17.0 Å². The van der Waals surface area contributed by atoms with Crippen molar-refractivity contribution in [3.8, 4) is 0 Å². The Labute approximate surface area is 163 Å². The number of halogens is 1. The number of furan rings is 1. The summed E-state index contributed by atoms with van der Waals surface area (Å²) in [5.74, 6) is 0.491. The Hall–Kier alpha value is -2.57. The van der Waals surface area contributed by atoms with E-state index in [0.717, 1.165) is 11.4 Å². The van der Waals surface area contributed by atoms with Crippen LogP contribution in [0.1, 0.15) is 5.76 Å². The number of anilines is 1. The first-order chi connectivity index (χ1) is 12.7. The molecule has 0 unspecified atom stereocenters. The number of aliphatic imine (C=N–C) groups is 1. The molecule has 2 heterocycles. The monoisotopic (exact) mass is 424 g/mol. The summed E-state index contributed by atoms with van der Waals surface area (Å²) < 4.78 is 6.13. The van der Waals surface area contributed by atoms with Gasteiger partial charge in [-0.3, -0.25) is 9.69 Å². The van der Waals surface area contributed by atoms with Gasteiger partial charge in [-0.1, -0.05) is 36.4 Å². The van der Waals surface area contributed by atoms with Gasteiger partial charge in [0.1, 0.15) is 5.76 Å². The minimum atomic E-state index is -0.122. The van der Waals surface area contributed by atoms with Gasteiger partial charge in [-0.15, -0.1) is 0 Å². The van der Waals surface area contributed by atoms with Crippen molar-refractivity contribution >= 4 is 56.2 Å². The Morgan fingerprint density at radius 1 is 0.962 bits per heavy atom. The summed E-state index contributed by atoms with van der Waals surface area (Å²) in [5.41, 5.74) is 1.58. The predicted molar refractivity (Wildman–Crippen MR) is 109 cm³/mol. The minimum Gasteiger partial charge on any atom is -0.450 e. The molecule has 0 aliphatic carbocycles. The largest absolute Gasteiger partial charge is 0.450 e. The van der Waals surface area contributed by atoms with Gasteiger partial charge < -0.3 is 4.42 Å². The molecule has 1 amide bonds. The zero-order valence-electron chi connectivity index (χ0n) is 13.5. The highest BCUT2D eigenvalue weighted by atomic mass is 79.9. The van der Waals surface area contributed by atoms with Crippen LogP contribution in [0.3, 0.4) is 0 Å². The molecule has 0 spiro atoms. The van der Waals surface area contributed by atoms with Crippen molar-refractivity contribution in [3.05, 3.63) is 88.1 Å². The van der Waals surface area contributed by atoms with Crippen molar-refractivity contribution in [2.45, 2.75) is 0 Å². The van der Waals surface area contributed by atoms with Gasteiger partial charge in [0.25, 0.3) is 5.91 Å². The van der Waals surface area contributed by atoms with Crippen molar-refractivity contribution in [2.75, 3.05) is 4.90 Å². The SMILES string of the molecule is O=C1/C(=C/c2ccc(Br)o2)SC(=Nc2ccccc2)N1c1ccccc1. The fraction of sp³-hybridized carbons (Fsp3) is 0. The lowest BCUT2D eigenvalue weighted by Crippen LogP contribution is -2.28. The van der Waals surface area contributed by atoms with Gasteiger partial charge in [-0.2, -0.15) is 0 Å². The highest BCUT2D eigenvalue weighted by Gasteiger charge is 2.34. The quantitative estimate of drug-likeness (QED) is 0.495. The summed E-state index contributed by atoms with van der Waals surface area (Å²) in [4.78, 5) is 19.9. The third-order valence-electron chi connectivity index (χ3n) is 3.67. The molecule has 1 aromatic heterocycles. The number of para-hydroxylation sites is 2. The molecule has 0 radical (unpaired) electrons. The highest BCUT2D eigenvalue weighted by molar-refractivity contribution is 9.10. The Morgan fingerprint density at radius 3 is 2.31 bits per heavy atom. The molecule has 6 heteroatoms. The number of amidine groups is 1. The zero-order chi connectivity index (χ0) is 17.9. The lowest BCUT2D eigenvalue weighted by molar-refractivity contribution is -0.113. The summed E-state index contributed by atoms with van der Waals surface area (Å²) in [5, 5.41) is 0.615. The minimum absolute atomic E-state index is 0.122. The van der Waals surface area contributed by atoms with Crippen LogP contribution in [0.2, 0.25) is 0 Å². The second kappa shape index (κ2) is 7.35. The van der Waals surface area contributed by atoms with Gasteiger partial charge in [0, 0.05) is 6.08 Å². The Bertz CT molecular complexity index is 997. The number of rotatable bonds is 3. The third-order valence-corrected chi connectivity index (χ3v) is 5.06. The standard InChI is InChI=1S/C20H13BrN2O2S/c21-18-12-11-16(25-18)13-17-19(24)23(15-9-5-2-6-10-15)20(26-17)22-14-7-3-1-4-8-14/h1-13H/b17-13-,22-20?. The first-order valence-corrected chi connectivity index (χ1v) is 9.50. The van der Waals surface area contributed by atoms with E-state index in [1.165, 1.54) is 11.8 Å². The second-order valence-corrected chi connectivity index (χ2v) is 7.25. The van der Waals surface area contributed by atoms with Crippen LogP contribution < -0.4 is 4.90 Å². The number of benzene rings is 2. The molecule has 0 bridgehead atoms. The number of thioether (sulfide) groups is 1. The molecule has 3 aromatic rings. The van der Waals surface area contributed by atoms with Crippen molar-refractivity contribution in [1.29, 1.82) is 0 Å². The van der Waals surface area contributed by atoms with Gasteiger partial charge in [0.2, 0.25) is 0 Å². The van der Waals surface area contributed by atoms with Crippen LogP contribution in [0.25, 0.3) is 6.08 Å². The van der Waals surface area contributed by atoms with Gasteiger partial charge in [-0.25, -0.2) is 4.99 Å². The maximum absolute atomic E-state index is 13.0. The summed E-state index contributed by atoms with van der Waals surface area (Å²) in [6.45, 7) is 0. The van der Waals surface area contributed by atoms with E-state index in [2.05, 4.69) is 20.9 Å². The lowest BCUT2D eigenvalue weighted by Gasteiger charge is -2.15. The molecule has 0 atom stereocenters. The number of amides is 1. The van der Waals surface area contributed by atoms with Crippen LogP contribution in [0.4, 0.5) is 11.4 Å². The van der Waals surface area contributed by atoms with Crippen LogP contribution >= 0.6 is 27.7 Å². The van der Waals surface area contributed by atoms with Crippen LogP contribution in [0.5, 0.6) is 0 Å². The first kappa shape index (κ1) is 16.9. The fourth-order valence-electron chi connectivity index (χ4n) is 2.50. The summed E-state index contributed by atoms with van der Waals surface area (Å²) in [7, 11) is 0. The smallest absolute Gasteiger partial charge is 0.271 e. The molecule has 1 aliphatic heterocycles. The molecule has 1 fully saturated rings. The van der Waals surface area contributed by atoms with Crippen LogP contribution in [-0.2, 0) is 4.79 Å². The number of carbonyl (C=O) groups is 1. The molecule has 26 heavy (non-hydrogen) atoms. The molecular formula is C20H13BrN2O2S. The van der Waals surface area contributed by atoms with E-state index in [1.807, 2.05) is 66.7 Å². The van der Waals surface area contributed by atoms with Gasteiger partial charge >= 0.3 is 0 Å². The Balaban J connectivity index is 1.77. The summed E-state index contributed by atoms with van der Waals surface area (Å²) in [6.07, 6.45) is 1.74. The Kier molecular flexibility index (Phi) is 4.77. The molecular weight excluding hydrogens is 412 g/mol. The van der Waals surface area contributed by atoms with E-state index in [0.29, 0.717) is 20.5 Å². The topological polar surface area (TPSA) is 45.8 Å². The normalized spacial score (nSPS) is 17.4. The maximum atomic E-state index is 13.0. The molecule has 2 aromatic carbocycles. The summed E-state index contributed by atoms with van der Waals surface area (Å²) in [6, 6.07) is 22.7. The number of nitrogens with zero attached hydrogens (tertiary/aromatic N) is 2. The van der Waals surface area contributed by atoms with Crippen LogP contribution in [-0.4, -0.2) is 11.1 Å². The molecule has 0 saturated carbocycles. The van der Waals surface area contributed by atoms with E-state index in [9.17, 15) is 4.79 Å². The number of hydrogen-bond acceptors (Lipinski definition) is 4. The van der Waals surface area contributed by atoms with Gasteiger partial charge in [0.05, 0.1) is 16.3 Å². The maximum Gasteiger partial charge on any atom is 0.271 e. The van der Waals surface area contributed by atoms with E-state index in [-0.39, 0.29) is 5.91 Å². The average molecular weight is 425 g/mol. The number of carbonyl (C=O) groups excluding carboxylic acids is 1. The van der Waals surface area contributed by atoms with Gasteiger partial charge in [0.15, 0.2) is 9.84 Å². The van der Waals surface area contributed by atoms with Gasteiger partial charge in [-0.05, 0) is 64.1 Å². The Morgan fingerprint density at radius 2 is 1.65 bits per heavy atom. The molecule has 1 saturated heterocycles. The summed E-state index contributed by atoms with van der Waals surface area (Å²) >= 11 is 4.61.